The quantitative estimate of drug-likeness (QED) is 0.881. The molecule has 1 atom stereocenters. The maximum Gasteiger partial charge on any atom is 0.228 e. The van der Waals surface area contributed by atoms with Gasteiger partial charge in [0.15, 0.2) is 0 Å². The van der Waals surface area contributed by atoms with Crippen molar-refractivity contribution in [3.63, 3.8) is 0 Å². The zero-order chi connectivity index (χ0) is 15.1. The SMILES string of the molecule is Cc1ccc(Cl)cc1C(O)c1cc2c(cc1Cl)NC(=O)C2. The number of anilines is 1. The van der Waals surface area contributed by atoms with Gasteiger partial charge in [-0.05, 0) is 47.9 Å². The third-order valence-corrected chi connectivity index (χ3v) is 4.24. The number of nitrogens with one attached hydrogen (secondary N) is 1. The molecule has 1 heterocycles. The van der Waals surface area contributed by atoms with Crippen molar-refractivity contribution in [1.29, 1.82) is 0 Å². The summed E-state index contributed by atoms with van der Waals surface area (Å²) in [6, 6.07) is 8.82. The molecule has 3 nitrogen and oxygen atoms in total. The van der Waals surface area contributed by atoms with Crippen LogP contribution in [0.4, 0.5) is 5.69 Å². The lowest BCUT2D eigenvalue weighted by Crippen LogP contribution is -2.04. The second-order valence-corrected chi connectivity index (χ2v) is 6.00. The van der Waals surface area contributed by atoms with Crippen molar-refractivity contribution in [2.75, 3.05) is 5.32 Å². The first-order valence-corrected chi connectivity index (χ1v) is 7.27. The van der Waals surface area contributed by atoms with Gasteiger partial charge in [-0.1, -0.05) is 29.3 Å². The largest absolute Gasteiger partial charge is 0.384 e. The first kappa shape index (κ1) is 14.4. The Hall–Kier alpha value is -1.55. The van der Waals surface area contributed by atoms with E-state index in [9.17, 15) is 9.90 Å². The molecule has 0 bridgehead atoms. The molecule has 0 saturated heterocycles. The van der Waals surface area contributed by atoms with Crippen LogP contribution in [0.1, 0.15) is 28.4 Å². The summed E-state index contributed by atoms with van der Waals surface area (Å²) in [5.74, 6) is -0.0633. The highest BCUT2D eigenvalue weighted by Gasteiger charge is 2.23. The van der Waals surface area contributed by atoms with Gasteiger partial charge in [0.25, 0.3) is 0 Å². The van der Waals surface area contributed by atoms with Crippen LogP contribution in [0.2, 0.25) is 10.0 Å². The number of aryl methyl sites for hydroxylation is 1. The van der Waals surface area contributed by atoms with Crippen LogP contribution < -0.4 is 5.32 Å². The van der Waals surface area contributed by atoms with E-state index >= 15 is 0 Å². The summed E-state index contributed by atoms with van der Waals surface area (Å²) >= 11 is 12.3. The number of fused-ring (bicyclic) bond motifs is 1. The molecule has 1 amide bonds. The fraction of sp³-hybridized carbons (Fsp3) is 0.188. The molecule has 2 aromatic rings. The molecule has 1 aliphatic heterocycles. The second kappa shape index (κ2) is 5.34. The standard InChI is InChI=1S/C16H13Cl2NO2/c1-8-2-3-10(17)6-11(8)16(21)12-4-9-5-15(20)19-14(9)7-13(12)18/h2-4,6-7,16,21H,5H2,1H3,(H,19,20). The predicted molar refractivity (Wildman–Crippen MR) is 84.0 cm³/mol. The number of aliphatic hydroxyl groups excluding tert-OH is 1. The summed E-state index contributed by atoms with van der Waals surface area (Å²) in [7, 11) is 0. The Morgan fingerprint density at radius 1 is 1.19 bits per heavy atom. The van der Waals surface area contributed by atoms with Gasteiger partial charge in [-0.2, -0.15) is 0 Å². The fourth-order valence-electron chi connectivity index (χ4n) is 2.55. The minimum Gasteiger partial charge on any atom is -0.384 e. The predicted octanol–water partition coefficient (Wildman–Crippen LogP) is 3.88. The van der Waals surface area contributed by atoms with Crippen LogP contribution in [0.3, 0.4) is 0 Å². The summed E-state index contributed by atoms with van der Waals surface area (Å²) in [6.45, 7) is 1.90. The number of halogens is 2. The van der Waals surface area contributed by atoms with Gasteiger partial charge in [0.05, 0.1) is 6.42 Å². The molecule has 0 spiro atoms. The number of aliphatic hydroxyl groups is 1. The molecule has 0 fully saturated rings. The number of amides is 1. The van der Waals surface area contributed by atoms with Crippen molar-refractivity contribution in [1.82, 2.24) is 0 Å². The van der Waals surface area contributed by atoms with Crippen molar-refractivity contribution >= 4 is 34.8 Å². The molecule has 5 heteroatoms. The van der Waals surface area contributed by atoms with Crippen molar-refractivity contribution in [3.8, 4) is 0 Å². The molecular weight excluding hydrogens is 309 g/mol. The van der Waals surface area contributed by atoms with E-state index in [1.807, 2.05) is 13.0 Å². The van der Waals surface area contributed by atoms with Gasteiger partial charge >= 0.3 is 0 Å². The maximum absolute atomic E-state index is 11.4. The van der Waals surface area contributed by atoms with E-state index in [4.69, 9.17) is 23.2 Å². The highest BCUT2D eigenvalue weighted by molar-refractivity contribution is 6.32. The molecule has 2 aromatic carbocycles. The minimum absolute atomic E-state index is 0.0633. The van der Waals surface area contributed by atoms with E-state index in [0.29, 0.717) is 33.3 Å². The Bertz CT molecular complexity index is 743. The van der Waals surface area contributed by atoms with E-state index in [2.05, 4.69) is 5.32 Å². The molecule has 0 aliphatic carbocycles. The monoisotopic (exact) mass is 321 g/mol. The number of rotatable bonds is 2. The van der Waals surface area contributed by atoms with E-state index in [1.165, 1.54) is 0 Å². The van der Waals surface area contributed by atoms with Crippen molar-refractivity contribution < 1.29 is 9.90 Å². The Labute approximate surface area is 132 Å². The lowest BCUT2D eigenvalue weighted by molar-refractivity contribution is -0.115. The Kier molecular flexibility index (Phi) is 3.66. The molecular formula is C16H13Cl2NO2. The van der Waals surface area contributed by atoms with Crippen LogP contribution in [-0.2, 0) is 11.2 Å². The lowest BCUT2D eigenvalue weighted by Gasteiger charge is -2.17. The summed E-state index contributed by atoms with van der Waals surface area (Å²) < 4.78 is 0. The van der Waals surface area contributed by atoms with Gasteiger partial charge < -0.3 is 10.4 Å². The molecule has 0 saturated carbocycles. The van der Waals surface area contributed by atoms with Gasteiger partial charge in [-0.25, -0.2) is 0 Å². The van der Waals surface area contributed by atoms with Crippen molar-refractivity contribution in [3.05, 3.63) is 62.6 Å². The maximum atomic E-state index is 11.4. The van der Waals surface area contributed by atoms with Crippen LogP contribution in [-0.4, -0.2) is 11.0 Å². The van der Waals surface area contributed by atoms with Gasteiger partial charge in [-0.15, -0.1) is 0 Å². The minimum atomic E-state index is -0.878. The molecule has 2 N–H and O–H groups in total. The van der Waals surface area contributed by atoms with Crippen LogP contribution in [0.15, 0.2) is 30.3 Å². The Balaban J connectivity index is 2.06. The summed E-state index contributed by atoms with van der Waals surface area (Å²) in [5.41, 5.74) is 3.78. The van der Waals surface area contributed by atoms with Gasteiger partial charge in [0, 0.05) is 21.3 Å². The van der Waals surface area contributed by atoms with Gasteiger partial charge in [-0.3, -0.25) is 4.79 Å². The van der Waals surface area contributed by atoms with Crippen LogP contribution in [0, 0.1) is 6.92 Å². The van der Waals surface area contributed by atoms with Crippen LogP contribution >= 0.6 is 23.2 Å². The zero-order valence-corrected chi connectivity index (χ0v) is 12.8. The fourth-order valence-corrected chi connectivity index (χ4v) is 3.00. The molecule has 3 rings (SSSR count). The second-order valence-electron chi connectivity index (χ2n) is 5.16. The molecule has 0 radical (unpaired) electrons. The number of benzene rings is 2. The number of carbonyl (C=O) groups excluding carboxylic acids is 1. The Morgan fingerprint density at radius 3 is 2.71 bits per heavy atom. The summed E-state index contributed by atoms with van der Waals surface area (Å²) in [5, 5.41) is 14.3. The normalized spacial score (nSPS) is 14.8. The summed E-state index contributed by atoms with van der Waals surface area (Å²) in [6.07, 6.45) is -0.571. The molecule has 1 aliphatic rings. The smallest absolute Gasteiger partial charge is 0.228 e. The van der Waals surface area contributed by atoms with Crippen molar-refractivity contribution in [2.45, 2.75) is 19.4 Å². The molecule has 108 valence electrons. The zero-order valence-electron chi connectivity index (χ0n) is 11.3. The number of carbonyl (C=O) groups is 1. The number of hydrogen-bond acceptors (Lipinski definition) is 2. The van der Waals surface area contributed by atoms with Crippen molar-refractivity contribution in [2.24, 2.45) is 0 Å². The van der Waals surface area contributed by atoms with Crippen LogP contribution in [0.5, 0.6) is 0 Å². The highest BCUT2D eigenvalue weighted by Crippen LogP contribution is 2.36. The molecule has 21 heavy (non-hydrogen) atoms. The average Bonchev–Trinajstić information content (AvgIpc) is 2.79. The first-order valence-electron chi connectivity index (χ1n) is 6.52. The van der Waals surface area contributed by atoms with Crippen LogP contribution in [0.25, 0.3) is 0 Å². The average molecular weight is 322 g/mol. The summed E-state index contributed by atoms with van der Waals surface area (Å²) in [4.78, 5) is 11.4. The van der Waals surface area contributed by atoms with Gasteiger partial charge in [0.1, 0.15) is 6.10 Å². The van der Waals surface area contributed by atoms with Gasteiger partial charge in [0.2, 0.25) is 5.91 Å². The van der Waals surface area contributed by atoms with E-state index in [1.54, 1.807) is 24.3 Å². The van der Waals surface area contributed by atoms with E-state index < -0.39 is 6.10 Å². The molecule has 1 unspecified atom stereocenters. The Morgan fingerprint density at radius 2 is 1.95 bits per heavy atom. The highest BCUT2D eigenvalue weighted by atomic mass is 35.5. The lowest BCUT2D eigenvalue weighted by atomic mass is 9.95. The first-order chi connectivity index (χ1) is 9.95. The number of hydrogen-bond donors (Lipinski definition) is 2. The molecule has 0 aromatic heterocycles. The van der Waals surface area contributed by atoms with E-state index in [0.717, 1.165) is 11.1 Å². The topological polar surface area (TPSA) is 49.3 Å². The third kappa shape index (κ3) is 2.64. The third-order valence-electron chi connectivity index (χ3n) is 3.68. The van der Waals surface area contributed by atoms with E-state index in [-0.39, 0.29) is 5.91 Å².